The zero-order chi connectivity index (χ0) is 7.90. The highest BCUT2D eigenvalue weighted by atomic mass is 19.1. The third-order valence-electron chi connectivity index (χ3n) is 2.12. The average molecular weight is 148 g/mol. The first-order valence-electron chi connectivity index (χ1n) is 3.68. The highest BCUT2D eigenvalue weighted by molar-refractivity contribution is 5.46. The van der Waals surface area contributed by atoms with Crippen molar-refractivity contribution < 1.29 is 4.39 Å². The van der Waals surface area contributed by atoms with Crippen LogP contribution in [0.2, 0.25) is 0 Å². The van der Waals surface area contributed by atoms with E-state index in [4.69, 9.17) is 0 Å². The van der Waals surface area contributed by atoms with E-state index in [0.29, 0.717) is 0 Å². The Kier molecular flexibility index (Phi) is 1.16. The van der Waals surface area contributed by atoms with Gasteiger partial charge in [0.1, 0.15) is 5.82 Å². The van der Waals surface area contributed by atoms with Crippen LogP contribution in [0.1, 0.15) is 12.5 Å². The number of hydrogen-bond donors (Lipinski definition) is 0. The third-order valence-corrected chi connectivity index (χ3v) is 2.12. The monoisotopic (exact) mass is 148 g/mol. The lowest BCUT2D eigenvalue weighted by atomic mass is 9.96. The van der Waals surface area contributed by atoms with Crippen LogP contribution in [0.3, 0.4) is 0 Å². The fourth-order valence-electron chi connectivity index (χ4n) is 1.20. The van der Waals surface area contributed by atoms with E-state index in [0.717, 1.165) is 5.56 Å². The first-order chi connectivity index (χ1) is 5.22. The van der Waals surface area contributed by atoms with E-state index in [9.17, 15) is 4.39 Å². The molecular formula is C10H9F. The third kappa shape index (κ3) is 0.967. The van der Waals surface area contributed by atoms with Gasteiger partial charge in [0, 0.05) is 11.0 Å². The number of rotatable bonds is 1. The maximum Gasteiger partial charge on any atom is 0.127 e. The van der Waals surface area contributed by atoms with Crippen molar-refractivity contribution in [1.29, 1.82) is 0 Å². The van der Waals surface area contributed by atoms with Crippen molar-refractivity contribution in [3.63, 3.8) is 0 Å². The van der Waals surface area contributed by atoms with Gasteiger partial charge in [0.15, 0.2) is 0 Å². The minimum atomic E-state index is -0.111. The van der Waals surface area contributed by atoms with E-state index in [-0.39, 0.29) is 11.2 Å². The van der Waals surface area contributed by atoms with Crippen LogP contribution in [-0.2, 0) is 5.41 Å². The Morgan fingerprint density at radius 3 is 2.36 bits per heavy atom. The predicted octanol–water partition coefficient (Wildman–Crippen LogP) is 2.65. The zero-order valence-corrected chi connectivity index (χ0v) is 6.34. The Balaban J connectivity index is 2.45. The normalized spacial score (nSPS) is 18.4. The van der Waals surface area contributed by atoms with Gasteiger partial charge in [-0.2, -0.15) is 0 Å². The Hall–Kier alpha value is -1.11. The summed E-state index contributed by atoms with van der Waals surface area (Å²) in [5, 5.41) is 0. The second-order valence-corrected chi connectivity index (χ2v) is 3.10. The molecule has 0 heterocycles. The summed E-state index contributed by atoms with van der Waals surface area (Å²) in [7, 11) is 0. The molecule has 0 unspecified atom stereocenters. The van der Waals surface area contributed by atoms with E-state index >= 15 is 0 Å². The van der Waals surface area contributed by atoms with Crippen molar-refractivity contribution in [2.45, 2.75) is 12.3 Å². The summed E-state index contributed by atoms with van der Waals surface area (Å²) in [6, 6.07) is 6.91. The van der Waals surface area contributed by atoms with E-state index < -0.39 is 0 Å². The lowest BCUT2D eigenvalue weighted by Crippen LogP contribution is -2.04. The topological polar surface area (TPSA) is 0 Å². The van der Waals surface area contributed by atoms with Crippen molar-refractivity contribution in [3.8, 4) is 0 Å². The molecule has 0 N–H and O–H groups in total. The van der Waals surface area contributed by atoms with Crippen molar-refractivity contribution in [1.82, 2.24) is 0 Å². The first kappa shape index (κ1) is 6.59. The van der Waals surface area contributed by atoms with Crippen molar-refractivity contribution in [2.24, 2.45) is 0 Å². The predicted molar refractivity (Wildman–Crippen MR) is 42.9 cm³/mol. The minimum Gasteiger partial charge on any atom is -0.207 e. The Morgan fingerprint density at radius 2 is 1.82 bits per heavy atom. The minimum absolute atomic E-state index is 0.0919. The molecule has 0 aromatic heterocycles. The largest absolute Gasteiger partial charge is 0.207 e. The van der Waals surface area contributed by atoms with Gasteiger partial charge in [-0.1, -0.05) is 30.4 Å². The molecule has 11 heavy (non-hydrogen) atoms. The van der Waals surface area contributed by atoms with Gasteiger partial charge in [0.2, 0.25) is 0 Å². The van der Waals surface area contributed by atoms with Gasteiger partial charge >= 0.3 is 0 Å². The highest BCUT2D eigenvalue weighted by Crippen LogP contribution is 2.38. The zero-order valence-electron chi connectivity index (χ0n) is 6.34. The molecule has 56 valence electrons. The van der Waals surface area contributed by atoms with Crippen molar-refractivity contribution in [2.75, 3.05) is 0 Å². The number of allylic oxidation sites excluding steroid dienone is 2. The van der Waals surface area contributed by atoms with E-state index in [1.165, 1.54) is 6.07 Å². The summed E-state index contributed by atoms with van der Waals surface area (Å²) in [5.41, 5.74) is 0.686. The number of hydrogen-bond acceptors (Lipinski definition) is 0. The average Bonchev–Trinajstić information content (AvgIpc) is 2.70. The van der Waals surface area contributed by atoms with Crippen LogP contribution in [0.5, 0.6) is 0 Å². The van der Waals surface area contributed by atoms with Crippen molar-refractivity contribution >= 4 is 0 Å². The molecule has 0 spiro atoms. The molecule has 0 nitrogen and oxygen atoms in total. The molecule has 1 heteroatoms. The second-order valence-electron chi connectivity index (χ2n) is 3.10. The van der Waals surface area contributed by atoms with Gasteiger partial charge in [-0.05, 0) is 13.0 Å². The van der Waals surface area contributed by atoms with Gasteiger partial charge < -0.3 is 0 Å². The summed E-state index contributed by atoms with van der Waals surface area (Å²) in [6.07, 6.45) is 4.01. The maximum absolute atomic E-state index is 13.1. The Bertz CT molecular complexity index is 306. The molecule has 1 aliphatic carbocycles. The van der Waals surface area contributed by atoms with Gasteiger partial charge in [-0.3, -0.25) is 0 Å². The molecule has 0 radical (unpaired) electrons. The molecule has 2 rings (SSSR count). The summed E-state index contributed by atoms with van der Waals surface area (Å²) >= 11 is 0. The van der Waals surface area contributed by atoms with Crippen LogP contribution in [-0.4, -0.2) is 0 Å². The highest BCUT2D eigenvalue weighted by Gasteiger charge is 2.32. The van der Waals surface area contributed by atoms with Crippen LogP contribution >= 0.6 is 0 Å². The van der Waals surface area contributed by atoms with Gasteiger partial charge in [-0.25, -0.2) is 4.39 Å². The molecule has 1 aromatic rings. The van der Waals surface area contributed by atoms with Crippen LogP contribution < -0.4 is 0 Å². The first-order valence-corrected chi connectivity index (χ1v) is 3.68. The summed E-state index contributed by atoms with van der Waals surface area (Å²) in [4.78, 5) is 0. The molecular weight excluding hydrogens is 139 g/mol. The van der Waals surface area contributed by atoms with E-state index in [1.807, 2.05) is 31.2 Å². The van der Waals surface area contributed by atoms with Gasteiger partial charge in [0.05, 0.1) is 0 Å². The molecule has 0 saturated carbocycles. The van der Waals surface area contributed by atoms with Crippen molar-refractivity contribution in [3.05, 3.63) is 47.8 Å². The van der Waals surface area contributed by atoms with Crippen LogP contribution in [0.15, 0.2) is 36.4 Å². The molecule has 1 aromatic carbocycles. The van der Waals surface area contributed by atoms with E-state index in [1.54, 1.807) is 6.07 Å². The lowest BCUT2D eigenvalue weighted by Gasteiger charge is -2.09. The SMILES string of the molecule is CC1(c2ccccc2F)C=C1. The van der Waals surface area contributed by atoms with Crippen LogP contribution in [0.4, 0.5) is 4.39 Å². The molecule has 0 saturated heterocycles. The quantitative estimate of drug-likeness (QED) is 0.537. The van der Waals surface area contributed by atoms with Crippen LogP contribution in [0, 0.1) is 5.82 Å². The molecule has 0 aliphatic heterocycles. The lowest BCUT2D eigenvalue weighted by molar-refractivity contribution is 0.596. The molecule has 0 bridgehead atoms. The van der Waals surface area contributed by atoms with Gasteiger partial charge in [-0.15, -0.1) is 0 Å². The number of benzene rings is 1. The summed E-state index contributed by atoms with van der Waals surface area (Å²) in [6.45, 7) is 2.01. The van der Waals surface area contributed by atoms with E-state index in [2.05, 4.69) is 0 Å². The fraction of sp³-hybridized carbons (Fsp3) is 0.200. The fourth-order valence-corrected chi connectivity index (χ4v) is 1.20. The Morgan fingerprint density at radius 1 is 1.18 bits per heavy atom. The second kappa shape index (κ2) is 1.94. The smallest absolute Gasteiger partial charge is 0.127 e. The Labute approximate surface area is 65.4 Å². The number of halogens is 1. The molecule has 1 aliphatic rings. The summed E-state index contributed by atoms with van der Waals surface area (Å²) < 4.78 is 13.1. The van der Waals surface area contributed by atoms with Crippen LogP contribution in [0.25, 0.3) is 0 Å². The standard InChI is InChI=1S/C10H9F/c1-10(6-7-10)8-4-2-3-5-9(8)11/h2-7H,1H3. The molecule has 0 amide bonds. The molecule has 0 atom stereocenters. The molecule has 0 fully saturated rings. The maximum atomic E-state index is 13.1. The summed E-state index contributed by atoms with van der Waals surface area (Å²) in [5.74, 6) is -0.111. The van der Waals surface area contributed by atoms with Gasteiger partial charge in [0.25, 0.3) is 0 Å².